The van der Waals surface area contributed by atoms with Crippen LogP contribution in [-0.4, -0.2) is 15.0 Å². The number of halogens is 2. The summed E-state index contributed by atoms with van der Waals surface area (Å²) in [7, 11) is 0. The summed E-state index contributed by atoms with van der Waals surface area (Å²) in [5.74, 6) is 0. The summed E-state index contributed by atoms with van der Waals surface area (Å²) < 4.78 is 1.74. The fraction of sp³-hybridized carbons (Fsp3) is 0.111. The maximum Gasteiger partial charge on any atom is 0.141 e. The van der Waals surface area contributed by atoms with Crippen LogP contribution < -0.4 is 0 Å². The van der Waals surface area contributed by atoms with Gasteiger partial charge in [-0.3, -0.25) is 0 Å². The minimum absolute atomic E-state index is 0.00482. The van der Waals surface area contributed by atoms with Crippen LogP contribution in [0, 0.1) is 6.20 Å². The third-order valence-corrected chi connectivity index (χ3v) is 2.60. The van der Waals surface area contributed by atoms with Crippen molar-refractivity contribution in [1.82, 2.24) is 15.0 Å². The van der Waals surface area contributed by atoms with E-state index in [4.69, 9.17) is 0 Å². The number of hydrogen-bond donors (Lipinski definition) is 0. The lowest BCUT2D eigenvalue weighted by molar-refractivity contribution is 0.782. The van der Waals surface area contributed by atoms with E-state index >= 15 is 0 Å². The summed E-state index contributed by atoms with van der Waals surface area (Å²) in [6, 6.07) is 9.81. The van der Waals surface area contributed by atoms with Crippen molar-refractivity contribution in [3.05, 3.63) is 42.2 Å². The first-order valence-electron chi connectivity index (χ1n) is 3.96. The summed E-state index contributed by atoms with van der Waals surface area (Å²) in [6.45, 7) is 0. The van der Waals surface area contributed by atoms with Crippen molar-refractivity contribution < 1.29 is 0 Å². The van der Waals surface area contributed by atoms with Crippen LogP contribution in [0.5, 0.6) is 0 Å². The van der Waals surface area contributed by atoms with Gasteiger partial charge in [-0.05, 0) is 12.1 Å². The van der Waals surface area contributed by atoms with Gasteiger partial charge in [-0.15, -0.1) is 5.10 Å². The van der Waals surface area contributed by atoms with Crippen LogP contribution in [0.4, 0.5) is 0 Å². The molecule has 3 nitrogen and oxygen atoms in total. The van der Waals surface area contributed by atoms with Gasteiger partial charge >= 0.3 is 0 Å². The largest absolute Gasteiger partial charge is 0.215 e. The Labute approximate surface area is 98.4 Å². The molecule has 0 atom stereocenters. The molecule has 0 unspecified atom stereocenters. The van der Waals surface area contributed by atoms with Gasteiger partial charge < -0.3 is 0 Å². The summed E-state index contributed by atoms with van der Waals surface area (Å²) >= 11 is 6.79. The fourth-order valence-electron chi connectivity index (χ4n) is 1.12. The summed E-state index contributed by atoms with van der Waals surface area (Å²) in [5.41, 5.74) is 1.82. The first-order chi connectivity index (χ1) is 6.79. The molecular weight excluding hydrogens is 310 g/mol. The standard InChI is InChI=1S/C9H6Br2N3/c10-9(11)8-6-12-13-14(8)7-4-2-1-3-5-7/h1-5,9H. The molecule has 0 amide bonds. The second-order valence-corrected chi connectivity index (χ2v) is 5.69. The first kappa shape index (κ1) is 9.86. The highest BCUT2D eigenvalue weighted by molar-refractivity contribution is 9.24. The summed E-state index contributed by atoms with van der Waals surface area (Å²) in [5, 5.41) is 7.71. The topological polar surface area (TPSA) is 30.7 Å². The van der Waals surface area contributed by atoms with Crippen LogP contribution in [0.1, 0.15) is 9.43 Å². The van der Waals surface area contributed by atoms with E-state index in [-0.39, 0.29) is 3.74 Å². The van der Waals surface area contributed by atoms with E-state index in [0.717, 1.165) is 11.4 Å². The zero-order chi connectivity index (χ0) is 9.97. The van der Waals surface area contributed by atoms with Gasteiger partial charge in [0, 0.05) is 0 Å². The zero-order valence-electron chi connectivity index (χ0n) is 7.06. The molecule has 0 saturated heterocycles. The second-order valence-electron chi connectivity index (χ2n) is 2.63. The summed E-state index contributed by atoms with van der Waals surface area (Å²) in [4.78, 5) is 0. The fourth-order valence-corrected chi connectivity index (χ4v) is 1.71. The molecule has 0 spiro atoms. The molecule has 1 aromatic heterocycles. The summed E-state index contributed by atoms with van der Waals surface area (Å²) in [6.07, 6.45) is 2.81. The Morgan fingerprint density at radius 3 is 2.57 bits per heavy atom. The molecule has 2 aromatic rings. The highest BCUT2D eigenvalue weighted by Gasteiger charge is 2.12. The van der Waals surface area contributed by atoms with Gasteiger partial charge in [0.2, 0.25) is 0 Å². The van der Waals surface area contributed by atoms with Gasteiger partial charge in [0.15, 0.2) is 0 Å². The van der Waals surface area contributed by atoms with Gasteiger partial charge in [0.05, 0.1) is 11.4 Å². The number of rotatable bonds is 2. The second kappa shape index (κ2) is 4.23. The van der Waals surface area contributed by atoms with Crippen molar-refractivity contribution in [2.24, 2.45) is 0 Å². The normalized spacial score (nSPS) is 10.8. The number of para-hydroxylation sites is 1. The maximum absolute atomic E-state index is 3.96. The Bertz CT molecular complexity index is 411. The van der Waals surface area contributed by atoms with Crippen LogP contribution in [0.2, 0.25) is 0 Å². The highest BCUT2D eigenvalue weighted by Crippen LogP contribution is 2.29. The maximum atomic E-state index is 3.96. The highest BCUT2D eigenvalue weighted by atomic mass is 79.9. The van der Waals surface area contributed by atoms with Crippen molar-refractivity contribution in [1.29, 1.82) is 0 Å². The Morgan fingerprint density at radius 1 is 1.21 bits per heavy atom. The van der Waals surface area contributed by atoms with E-state index in [1.54, 1.807) is 4.68 Å². The third-order valence-electron chi connectivity index (χ3n) is 1.73. The van der Waals surface area contributed by atoms with Crippen molar-refractivity contribution >= 4 is 31.9 Å². The molecule has 0 bridgehead atoms. The van der Waals surface area contributed by atoms with Crippen LogP contribution in [0.15, 0.2) is 30.3 Å². The Morgan fingerprint density at radius 2 is 1.93 bits per heavy atom. The minimum atomic E-state index is 0.00482. The molecule has 0 aliphatic rings. The quantitative estimate of drug-likeness (QED) is 0.798. The predicted octanol–water partition coefficient (Wildman–Crippen LogP) is 2.86. The minimum Gasteiger partial charge on any atom is -0.215 e. The molecule has 0 N–H and O–H groups in total. The van der Waals surface area contributed by atoms with Crippen LogP contribution >= 0.6 is 31.9 Å². The molecule has 0 fully saturated rings. The van der Waals surface area contributed by atoms with Crippen molar-refractivity contribution in [3.63, 3.8) is 0 Å². The Balaban J connectivity index is 2.47. The smallest absolute Gasteiger partial charge is 0.141 e. The van der Waals surface area contributed by atoms with Gasteiger partial charge in [0.1, 0.15) is 9.93 Å². The first-order valence-corrected chi connectivity index (χ1v) is 5.79. The number of aromatic nitrogens is 3. The molecule has 2 rings (SSSR count). The van der Waals surface area contributed by atoms with Crippen molar-refractivity contribution in [2.75, 3.05) is 0 Å². The van der Waals surface area contributed by atoms with Crippen LogP contribution in [-0.2, 0) is 0 Å². The molecular formula is C9H6Br2N3. The lowest BCUT2D eigenvalue weighted by atomic mass is 10.3. The lowest BCUT2D eigenvalue weighted by Crippen LogP contribution is -2.01. The molecule has 0 saturated carbocycles. The molecule has 1 aromatic carbocycles. The predicted molar refractivity (Wildman–Crippen MR) is 60.8 cm³/mol. The number of benzene rings is 1. The van der Waals surface area contributed by atoms with E-state index in [9.17, 15) is 0 Å². The number of alkyl halides is 2. The zero-order valence-corrected chi connectivity index (χ0v) is 10.2. The molecule has 71 valence electrons. The lowest BCUT2D eigenvalue weighted by Gasteiger charge is -2.05. The van der Waals surface area contributed by atoms with E-state index in [1.165, 1.54) is 0 Å². The number of nitrogens with zero attached hydrogens (tertiary/aromatic N) is 3. The van der Waals surface area contributed by atoms with Gasteiger partial charge in [-0.1, -0.05) is 55.3 Å². The molecule has 0 aliphatic heterocycles. The van der Waals surface area contributed by atoms with Crippen molar-refractivity contribution in [3.8, 4) is 5.69 Å². The van der Waals surface area contributed by atoms with E-state index in [0.29, 0.717) is 0 Å². The monoisotopic (exact) mass is 314 g/mol. The Kier molecular flexibility index (Phi) is 2.98. The molecule has 1 heterocycles. The van der Waals surface area contributed by atoms with Crippen molar-refractivity contribution in [2.45, 2.75) is 3.74 Å². The molecule has 1 radical (unpaired) electrons. The molecule has 5 heteroatoms. The van der Waals surface area contributed by atoms with E-state index in [2.05, 4.69) is 48.4 Å². The third kappa shape index (κ3) is 1.88. The van der Waals surface area contributed by atoms with Gasteiger partial charge in [-0.25, -0.2) is 4.68 Å². The van der Waals surface area contributed by atoms with E-state index in [1.807, 2.05) is 30.3 Å². The van der Waals surface area contributed by atoms with Crippen LogP contribution in [0.25, 0.3) is 5.69 Å². The SMILES string of the molecule is BrC(Br)c1[c]nnn1-c1ccccc1. The number of hydrogen-bond acceptors (Lipinski definition) is 2. The average molecular weight is 316 g/mol. The van der Waals surface area contributed by atoms with Crippen LogP contribution in [0.3, 0.4) is 0 Å². The average Bonchev–Trinajstić information content (AvgIpc) is 2.67. The van der Waals surface area contributed by atoms with Gasteiger partial charge in [0.25, 0.3) is 0 Å². The molecule has 0 aliphatic carbocycles. The Hall–Kier alpha value is -0.680. The van der Waals surface area contributed by atoms with E-state index < -0.39 is 0 Å². The molecule has 14 heavy (non-hydrogen) atoms. The van der Waals surface area contributed by atoms with Gasteiger partial charge in [-0.2, -0.15) is 0 Å².